The number of benzene rings is 1. The van der Waals surface area contributed by atoms with Crippen molar-refractivity contribution in [3.8, 4) is 0 Å². The summed E-state index contributed by atoms with van der Waals surface area (Å²) in [6, 6.07) is 7.87. The third kappa shape index (κ3) is 4.99. The molecule has 0 saturated heterocycles. The lowest BCUT2D eigenvalue weighted by molar-refractivity contribution is -0.141. The number of nitrogens with zero attached hydrogens (tertiary/aromatic N) is 2. The van der Waals surface area contributed by atoms with E-state index in [1.54, 1.807) is 38.1 Å². The van der Waals surface area contributed by atoms with Crippen molar-refractivity contribution in [2.75, 3.05) is 10.6 Å². The van der Waals surface area contributed by atoms with Gasteiger partial charge in [0.25, 0.3) is 0 Å². The van der Waals surface area contributed by atoms with Crippen molar-refractivity contribution in [3.05, 3.63) is 46.6 Å². The van der Waals surface area contributed by atoms with E-state index in [-0.39, 0.29) is 24.4 Å². The lowest BCUT2D eigenvalue weighted by Gasteiger charge is -2.14. The number of rotatable bonds is 5. The average molecular weight is 345 g/mol. The fraction of sp³-hybridized carbons (Fsp3) is 0.333. The van der Waals surface area contributed by atoms with Crippen LogP contribution in [-0.4, -0.2) is 16.0 Å². The van der Waals surface area contributed by atoms with Gasteiger partial charge in [-0.05, 0) is 25.5 Å². The molecule has 0 unspecified atom stereocenters. The number of aromatic nitrogens is 2. The second-order valence-electron chi connectivity index (χ2n) is 5.20. The van der Waals surface area contributed by atoms with Gasteiger partial charge in [0.2, 0.25) is 5.95 Å². The van der Waals surface area contributed by atoms with Gasteiger partial charge in [-0.3, -0.25) is 0 Å². The van der Waals surface area contributed by atoms with Crippen LogP contribution in [0.4, 0.5) is 24.9 Å². The van der Waals surface area contributed by atoms with E-state index in [1.807, 2.05) is 0 Å². The summed E-state index contributed by atoms with van der Waals surface area (Å²) >= 11 is 6.03. The van der Waals surface area contributed by atoms with Gasteiger partial charge in [-0.2, -0.15) is 18.2 Å². The van der Waals surface area contributed by atoms with E-state index in [0.29, 0.717) is 5.02 Å². The van der Waals surface area contributed by atoms with Crippen molar-refractivity contribution in [1.82, 2.24) is 9.97 Å². The molecule has 124 valence electrons. The molecule has 0 aliphatic rings. The van der Waals surface area contributed by atoms with Crippen molar-refractivity contribution in [2.45, 2.75) is 32.6 Å². The topological polar surface area (TPSA) is 49.8 Å². The molecule has 1 heterocycles. The Morgan fingerprint density at radius 3 is 2.48 bits per heavy atom. The highest BCUT2D eigenvalue weighted by molar-refractivity contribution is 6.31. The molecule has 2 aromatic rings. The number of halogens is 4. The van der Waals surface area contributed by atoms with Crippen LogP contribution >= 0.6 is 11.6 Å². The molecule has 0 amide bonds. The summed E-state index contributed by atoms with van der Waals surface area (Å²) < 4.78 is 38.8. The summed E-state index contributed by atoms with van der Waals surface area (Å²) in [5.41, 5.74) is -0.239. The van der Waals surface area contributed by atoms with Crippen LogP contribution in [0.25, 0.3) is 0 Å². The van der Waals surface area contributed by atoms with E-state index in [9.17, 15) is 13.2 Å². The molecular weight excluding hydrogens is 329 g/mol. The molecule has 0 radical (unpaired) electrons. The summed E-state index contributed by atoms with van der Waals surface area (Å²) in [5.74, 6) is 0.00637. The first kappa shape index (κ1) is 17.3. The highest BCUT2D eigenvalue weighted by Gasteiger charge is 2.33. The smallest absolute Gasteiger partial charge is 0.366 e. The Kier molecular flexibility index (Phi) is 5.30. The summed E-state index contributed by atoms with van der Waals surface area (Å²) in [4.78, 5) is 7.56. The zero-order valence-electron chi connectivity index (χ0n) is 12.6. The third-order valence-corrected chi connectivity index (χ3v) is 3.22. The summed E-state index contributed by atoms with van der Waals surface area (Å²) in [7, 11) is 0. The second-order valence-corrected chi connectivity index (χ2v) is 5.61. The van der Waals surface area contributed by atoms with Gasteiger partial charge in [-0.25, -0.2) is 4.98 Å². The van der Waals surface area contributed by atoms with E-state index >= 15 is 0 Å². The summed E-state index contributed by atoms with van der Waals surface area (Å²) in [6.45, 7) is 3.84. The minimum absolute atomic E-state index is 0.0727. The van der Waals surface area contributed by atoms with Crippen LogP contribution in [-0.2, 0) is 12.7 Å². The predicted octanol–water partition coefficient (Wildman–Crippen LogP) is 4.58. The first-order chi connectivity index (χ1) is 10.8. The van der Waals surface area contributed by atoms with Crippen molar-refractivity contribution in [3.63, 3.8) is 0 Å². The van der Waals surface area contributed by atoms with Gasteiger partial charge in [0.1, 0.15) is 5.82 Å². The van der Waals surface area contributed by atoms with E-state index in [2.05, 4.69) is 20.6 Å². The average Bonchev–Trinajstić information content (AvgIpc) is 2.44. The van der Waals surface area contributed by atoms with Gasteiger partial charge in [-0.1, -0.05) is 29.8 Å². The molecule has 1 aromatic heterocycles. The van der Waals surface area contributed by atoms with Crippen LogP contribution in [0.5, 0.6) is 0 Å². The molecule has 1 aromatic carbocycles. The zero-order valence-corrected chi connectivity index (χ0v) is 13.3. The van der Waals surface area contributed by atoms with Crippen molar-refractivity contribution >= 4 is 23.4 Å². The lowest BCUT2D eigenvalue weighted by Crippen LogP contribution is -2.17. The molecule has 2 rings (SSSR count). The van der Waals surface area contributed by atoms with Crippen molar-refractivity contribution < 1.29 is 13.2 Å². The quantitative estimate of drug-likeness (QED) is 0.833. The molecule has 0 bridgehead atoms. The maximum atomic E-state index is 12.9. The molecule has 4 nitrogen and oxygen atoms in total. The molecule has 8 heteroatoms. The number of alkyl halides is 3. The fourth-order valence-electron chi connectivity index (χ4n) is 1.83. The fourth-order valence-corrected chi connectivity index (χ4v) is 2.04. The first-order valence-electron chi connectivity index (χ1n) is 6.96. The number of nitrogens with one attached hydrogen (secondary N) is 2. The van der Waals surface area contributed by atoms with Gasteiger partial charge in [0.15, 0.2) is 5.69 Å². The lowest BCUT2D eigenvalue weighted by atomic mass is 10.2. The van der Waals surface area contributed by atoms with Gasteiger partial charge >= 0.3 is 6.18 Å². The van der Waals surface area contributed by atoms with E-state index in [4.69, 9.17) is 11.6 Å². The zero-order chi connectivity index (χ0) is 17.0. The second kappa shape index (κ2) is 7.04. The normalized spacial score (nSPS) is 11.6. The Bertz CT molecular complexity index is 674. The predicted molar refractivity (Wildman–Crippen MR) is 84.6 cm³/mol. The highest BCUT2D eigenvalue weighted by atomic mass is 35.5. The van der Waals surface area contributed by atoms with Crippen LogP contribution in [0, 0.1) is 0 Å². The van der Waals surface area contributed by atoms with Crippen molar-refractivity contribution in [2.24, 2.45) is 0 Å². The van der Waals surface area contributed by atoms with Gasteiger partial charge in [-0.15, -0.1) is 0 Å². The molecular formula is C15H16ClF3N4. The minimum Gasteiger partial charge on any atom is -0.366 e. The van der Waals surface area contributed by atoms with Crippen LogP contribution in [0.3, 0.4) is 0 Å². The molecule has 0 atom stereocenters. The highest BCUT2D eigenvalue weighted by Crippen LogP contribution is 2.30. The van der Waals surface area contributed by atoms with Gasteiger partial charge in [0, 0.05) is 23.7 Å². The van der Waals surface area contributed by atoms with E-state index in [0.717, 1.165) is 11.6 Å². The van der Waals surface area contributed by atoms with Gasteiger partial charge in [0.05, 0.1) is 0 Å². The summed E-state index contributed by atoms with van der Waals surface area (Å²) in [6.07, 6.45) is -4.54. The number of hydrogen-bond donors (Lipinski definition) is 2. The molecule has 2 N–H and O–H groups in total. The Morgan fingerprint density at radius 2 is 1.87 bits per heavy atom. The van der Waals surface area contributed by atoms with Crippen LogP contribution in [0.2, 0.25) is 5.02 Å². The van der Waals surface area contributed by atoms with E-state index in [1.165, 1.54) is 0 Å². The Labute approximate surface area is 137 Å². The third-order valence-electron chi connectivity index (χ3n) is 2.85. The Hall–Kier alpha value is -2.02. The molecule has 23 heavy (non-hydrogen) atoms. The first-order valence-corrected chi connectivity index (χ1v) is 7.33. The maximum Gasteiger partial charge on any atom is 0.433 e. The summed E-state index contributed by atoms with van der Waals surface area (Å²) in [5, 5.41) is 6.16. The van der Waals surface area contributed by atoms with E-state index < -0.39 is 11.9 Å². The molecule has 0 aliphatic carbocycles. The monoisotopic (exact) mass is 344 g/mol. The largest absolute Gasteiger partial charge is 0.433 e. The van der Waals surface area contributed by atoms with Crippen LogP contribution in [0.1, 0.15) is 25.1 Å². The molecule has 0 fully saturated rings. The van der Waals surface area contributed by atoms with Crippen molar-refractivity contribution in [1.29, 1.82) is 0 Å². The standard InChI is InChI=1S/C15H16ClF3N4/c1-9(2)21-14-22-12(15(17,18)19)7-13(23-14)20-8-10-5-3-4-6-11(10)16/h3-7,9H,8H2,1-2H3,(H2,20,21,22,23). The van der Waals surface area contributed by atoms with Gasteiger partial charge < -0.3 is 10.6 Å². The molecule has 0 aliphatic heterocycles. The number of hydrogen-bond acceptors (Lipinski definition) is 4. The SMILES string of the molecule is CC(C)Nc1nc(NCc2ccccc2Cl)cc(C(F)(F)F)n1. The number of anilines is 2. The molecule has 0 spiro atoms. The maximum absolute atomic E-state index is 12.9. The Balaban J connectivity index is 2.24. The Morgan fingerprint density at radius 1 is 1.17 bits per heavy atom. The minimum atomic E-state index is -4.54. The van der Waals surface area contributed by atoms with Crippen LogP contribution < -0.4 is 10.6 Å². The van der Waals surface area contributed by atoms with Crippen LogP contribution in [0.15, 0.2) is 30.3 Å². The molecule has 0 saturated carbocycles.